The lowest BCUT2D eigenvalue weighted by Crippen LogP contribution is -2.32. The van der Waals surface area contributed by atoms with Gasteiger partial charge in [0.05, 0.1) is 19.1 Å². The summed E-state index contributed by atoms with van der Waals surface area (Å²) in [6.07, 6.45) is 4.70. The van der Waals surface area contributed by atoms with Crippen molar-refractivity contribution in [3.63, 3.8) is 0 Å². The minimum absolute atomic E-state index is 0.124. The predicted molar refractivity (Wildman–Crippen MR) is 128 cm³/mol. The van der Waals surface area contributed by atoms with E-state index in [-0.39, 0.29) is 36.5 Å². The predicted octanol–water partition coefficient (Wildman–Crippen LogP) is 2.72. The third kappa shape index (κ3) is 7.33. The highest BCUT2D eigenvalue weighted by Crippen LogP contribution is 2.21. The highest BCUT2D eigenvalue weighted by Gasteiger charge is 2.09. The normalized spacial score (nSPS) is 10.7. The molecule has 1 amide bonds. The Hall–Kier alpha value is -3.88. The van der Waals surface area contributed by atoms with Crippen molar-refractivity contribution in [3.8, 4) is 11.3 Å². The summed E-state index contributed by atoms with van der Waals surface area (Å²) >= 11 is 0. The summed E-state index contributed by atoms with van der Waals surface area (Å²) in [5.74, 6) is 0.505. The first kappa shape index (κ1) is 24.8. The summed E-state index contributed by atoms with van der Waals surface area (Å²) < 4.78 is 11.4. The van der Waals surface area contributed by atoms with Crippen LogP contribution in [0.4, 0.5) is 5.95 Å². The van der Waals surface area contributed by atoms with Gasteiger partial charge in [0.2, 0.25) is 11.9 Å². The van der Waals surface area contributed by atoms with Crippen LogP contribution in [0.1, 0.15) is 36.9 Å². The summed E-state index contributed by atoms with van der Waals surface area (Å²) in [6.45, 7) is 0.498. The minimum atomic E-state index is -0.284. The number of ether oxygens (including phenoxy) is 1. The minimum Gasteiger partial charge on any atom is -0.469 e. The van der Waals surface area contributed by atoms with Crippen LogP contribution in [0.15, 0.2) is 57.9 Å². The topological polar surface area (TPSA) is 129 Å². The number of benzene rings is 1. The third-order valence-corrected chi connectivity index (χ3v) is 5.41. The molecule has 0 aliphatic carbocycles. The van der Waals surface area contributed by atoms with Crippen molar-refractivity contribution in [1.29, 1.82) is 0 Å². The van der Waals surface area contributed by atoms with E-state index in [0.717, 1.165) is 16.9 Å². The van der Waals surface area contributed by atoms with E-state index in [9.17, 15) is 14.4 Å². The fourth-order valence-electron chi connectivity index (χ4n) is 3.57. The second-order valence-corrected chi connectivity index (χ2v) is 7.91. The van der Waals surface area contributed by atoms with Crippen molar-refractivity contribution in [2.75, 3.05) is 19.4 Å². The van der Waals surface area contributed by atoms with E-state index in [2.05, 4.69) is 21.1 Å². The van der Waals surface area contributed by atoms with Crippen LogP contribution in [0.25, 0.3) is 11.3 Å². The van der Waals surface area contributed by atoms with Crippen LogP contribution in [-0.2, 0) is 33.7 Å². The molecule has 2 aromatic heterocycles. The quantitative estimate of drug-likeness (QED) is 0.310. The van der Waals surface area contributed by atoms with Gasteiger partial charge in [0.25, 0.3) is 5.56 Å². The highest BCUT2D eigenvalue weighted by molar-refractivity contribution is 5.75. The molecule has 3 N–H and O–H groups in total. The molecule has 2 heterocycles. The van der Waals surface area contributed by atoms with E-state index in [4.69, 9.17) is 10.2 Å². The molecule has 0 saturated heterocycles. The van der Waals surface area contributed by atoms with Gasteiger partial charge < -0.3 is 20.2 Å². The number of nitrogens with zero attached hydrogens (tertiary/aromatic N) is 2. The molecule has 3 aromatic rings. The van der Waals surface area contributed by atoms with Crippen LogP contribution in [0.5, 0.6) is 0 Å². The first-order valence-electron chi connectivity index (χ1n) is 11.3. The average Bonchev–Trinajstić information content (AvgIpc) is 3.37. The number of carbonyl (C=O) groups is 2. The number of furan rings is 1. The average molecular weight is 467 g/mol. The maximum absolute atomic E-state index is 12.5. The Labute approximate surface area is 197 Å². The van der Waals surface area contributed by atoms with E-state index in [1.54, 1.807) is 6.26 Å². The Bertz CT molecular complexity index is 1150. The van der Waals surface area contributed by atoms with Crippen molar-refractivity contribution < 1.29 is 18.7 Å². The molecule has 9 heteroatoms. The first-order valence-corrected chi connectivity index (χ1v) is 11.3. The fraction of sp³-hybridized carbons (Fsp3) is 0.360. The summed E-state index contributed by atoms with van der Waals surface area (Å²) in [5, 5.41) is 2.76. The fourth-order valence-corrected chi connectivity index (χ4v) is 3.57. The molecule has 1 aromatic carbocycles. The van der Waals surface area contributed by atoms with E-state index in [0.29, 0.717) is 44.2 Å². The number of nitrogens with two attached hydrogens (primary N) is 1. The van der Waals surface area contributed by atoms with Gasteiger partial charge in [-0.15, -0.1) is 0 Å². The number of aromatic nitrogens is 2. The van der Waals surface area contributed by atoms with Crippen LogP contribution in [-0.4, -0.2) is 35.1 Å². The second-order valence-electron chi connectivity index (χ2n) is 7.91. The van der Waals surface area contributed by atoms with Gasteiger partial charge in [0.1, 0.15) is 5.76 Å². The number of aryl methyl sites for hydroxylation is 2. The van der Waals surface area contributed by atoms with E-state index in [1.165, 1.54) is 17.7 Å². The van der Waals surface area contributed by atoms with E-state index < -0.39 is 0 Å². The SMILES string of the molecule is COC(=O)CCCCC(=O)NCCn1c(N)nc(CCc2cccc(-c3ccco3)c2)cc1=O. The monoisotopic (exact) mass is 466 g/mol. The van der Waals surface area contributed by atoms with Gasteiger partial charge in [0, 0.05) is 37.6 Å². The summed E-state index contributed by atoms with van der Waals surface area (Å²) in [7, 11) is 1.34. The second kappa shape index (κ2) is 12.4. The van der Waals surface area contributed by atoms with Crippen molar-refractivity contribution >= 4 is 17.8 Å². The molecule has 0 saturated carbocycles. The molecular weight excluding hydrogens is 436 g/mol. The van der Waals surface area contributed by atoms with Crippen molar-refractivity contribution in [1.82, 2.24) is 14.9 Å². The molecule has 0 radical (unpaired) electrons. The Morgan fingerprint density at radius 1 is 1.12 bits per heavy atom. The lowest BCUT2D eigenvalue weighted by atomic mass is 10.0. The number of rotatable bonds is 12. The number of hydrogen-bond acceptors (Lipinski definition) is 7. The molecule has 34 heavy (non-hydrogen) atoms. The number of methoxy groups -OCH3 is 1. The van der Waals surface area contributed by atoms with Gasteiger partial charge >= 0.3 is 5.97 Å². The summed E-state index contributed by atoms with van der Waals surface area (Å²) in [5.41, 5.74) is 8.49. The van der Waals surface area contributed by atoms with Gasteiger partial charge in [-0.1, -0.05) is 18.2 Å². The van der Waals surface area contributed by atoms with Crippen LogP contribution in [0, 0.1) is 0 Å². The van der Waals surface area contributed by atoms with Gasteiger partial charge in [0.15, 0.2) is 0 Å². The van der Waals surface area contributed by atoms with Crippen LogP contribution < -0.4 is 16.6 Å². The lowest BCUT2D eigenvalue weighted by Gasteiger charge is -2.11. The molecule has 0 aliphatic heterocycles. The van der Waals surface area contributed by atoms with E-state index in [1.807, 2.05) is 30.3 Å². The van der Waals surface area contributed by atoms with Gasteiger partial charge in [-0.2, -0.15) is 0 Å². The highest BCUT2D eigenvalue weighted by atomic mass is 16.5. The van der Waals surface area contributed by atoms with Gasteiger partial charge in [-0.05, 0) is 49.4 Å². The first-order chi connectivity index (χ1) is 16.5. The maximum Gasteiger partial charge on any atom is 0.305 e. The zero-order valence-electron chi connectivity index (χ0n) is 19.3. The van der Waals surface area contributed by atoms with Gasteiger partial charge in [-0.3, -0.25) is 19.0 Å². The Kier molecular flexibility index (Phi) is 9.02. The number of nitrogens with one attached hydrogen (secondary N) is 1. The number of hydrogen-bond donors (Lipinski definition) is 2. The zero-order chi connectivity index (χ0) is 24.3. The van der Waals surface area contributed by atoms with Crippen molar-refractivity contribution in [2.45, 2.75) is 45.1 Å². The molecule has 0 atom stereocenters. The summed E-state index contributed by atoms with van der Waals surface area (Å²) in [6, 6.07) is 13.3. The molecule has 0 fully saturated rings. The molecule has 0 unspecified atom stereocenters. The lowest BCUT2D eigenvalue weighted by molar-refractivity contribution is -0.140. The number of esters is 1. The molecule has 0 spiro atoms. The number of amides is 1. The number of anilines is 1. The molecule has 0 aliphatic rings. The number of unbranched alkanes of at least 4 members (excludes halogenated alkanes) is 1. The molecule has 0 bridgehead atoms. The Balaban J connectivity index is 1.47. The van der Waals surface area contributed by atoms with Crippen LogP contribution in [0.3, 0.4) is 0 Å². The molecule has 9 nitrogen and oxygen atoms in total. The largest absolute Gasteiger partial charge is 0.469 e. The standard InChI is InChI=1S/C25H30N4O5/c1-33-24(32)10-3-2-9-22(30)27-13-14-29-23(31)17-20(28-25(29)26)12-11-18-6-4-7-19(16-18)21-8-5-15-34-21/h4-8,15-17H,2-3,9-14H2,1H3,(H2,26,28)(H,27,30). The molecule has 3 rings (SSSR count). The molecular formula is C25H30N4O5. The summed E-state index contributed by atoms with van der Waals surface area (Å²) in [4.78, 5) is 39.9. The smallest absolute Gasteiger partial charge is 0.305 e. The maximum atomic E-state index is 12.5. The van der Waals surface area contributed by atoms with Crippen molar-refractivity contribution in [2.24, 2.45) is 0 Å². The van der Waals surface area contributed by atoms with Crippen LogP contribution in [0.2, 0.25) is 0 Å². The Morgan fingerprint density at radius 3 is 2.68 bits per heavy atom. The molecule has 180 valence electrons. The third-order valence-electron chi connectivity index (χ3n) is 5.41. The number of nitrogen functional groups attached to an aromatic ring is 1. The number of carbonyl (C=O) groups excluding carboxylic acids is 2. The van der Waals surface area contributed by atoms with Crippen molar-refractivity contribution in [3.05, 3.63) is 70.3 Å². The zero-order valence-corrected chi connectivity index (χ0v) is 19.3. The van der Waals surface area contributed by atoms with E-state index >= 15 is 0 Å². The van der Waals surface area contributed by atoms with Gasteiger partial charge in [-0.25, -0.2) is 4.98 Å². The Morgan fingerprint density at radius 2 is 1.94 bits per heavy atom. The van der Waals surface area contributed by atoms with Crippen LogP contribution >= 0.6 is 0 Å².